The van der Waals surface area contributed by atoms with E-state index < -0.39 is 11.6 Å². The van der Waals surface area contributed by atoms with E-state index in [0.717, 1.165) is 37.8 Å². The summed E-state index contributed by atoms with van der Waals surface area (Å²) in [4.78, 5) is 12.1. The molecule has 3 nitrogen and oxygen atoms in total. The Labute approximate surface area is 123 Å². The van der Waals surface area contributed by atoms with Crippen molar-refractivity contribution in [3.8, 4) is 0 Å². The number of hydrogen-bond acceptors (Lipinski definition) is 2. The minimum Gasteiger partial charge on any atom is -0.349 e. The predicted molar refractivity (Wildman–Crippen MR) is 77.6 cm³/mol. The van der Waals surface area contributed by atoms with Gasteiger partial charge in [0, 0.05) is 6.54 Å². The lowest BCUT2D eigenvalue weighted by molar-refractivity contribution is -0.122. The zero-order valence-corrected chi connectivity index (χ0v) is 12.3. The van der Waals surface area contributed by atoms with E-state index in [-0.39, 0.29) is 17.9 Å². The number of benzene rings is 1. The first kappa shape index (κ1) is 15.9. The molecule has 0 unspecified atom stereocenters. The van der Waals surface area contributed by atoms with Crippen molar-refractivity contribution in [1.29, 1.82) is 0 Å². The van der Waals surface area contributed by atoms with Crippen molar-refractivity contribution < 1.29 is 13.6 Å². The highest BCUT2D eigenvalue weighted by Gasteiger charge is 2.34. The molecule has 0 aromatic heterocycles. The quantitative estimate of drug-likeness (QED) is 0.897. The molecule has 1 aliphatic carbocycles. The zero-order valence-electron chi connectivity index (χ0n) is 12.3. The highest BCUT2D eigenvalue weighted by Crippen LogP contribution is 2.31. The standard InChI is InChI=1S/C16H22F2N2O/c1-11-4-6-16(10-19,7-5-11)20-15(21)9-12-2-3-13(17)14(18)8-12/h2-3,8,11H,4-7,9-10,19H2,1H3,(H,20,21). The van der Waals surface area contributed by atoms with Gasteiger partial charge >= 0.3 is 0 Å². The summed E-state index contributed by atoms with van der Waals surface area (Å²) in [6.45, 7) is 2.60. The average molecular weight is 296 g/mol. The summed E-state index contributed by atoms with van der Waals surface area (Å²) < 4.78 is 26.0. The number of amides is 1. The number of halogens is 2. The van der Waals surface area contributed by atoms with Crippen molar-refractivity contribution in [3.05, 3.63) is 35.4 Å². The van der Waals surface area contributed by atoms with Crippen molar-refractivity contribution in [1.82, 2.24) is 5.32 Å². The Bertz CT molecular complexity index is 511. The first-order valence-corrected chi connectivity index (χ1v) is 7.39. The number of hydrogen-bond donors (Lipinski definition) is 2. The van der Waals surface area contributed by atoms with Gasteiger partial charge in [-0.1, -0.05) is 13.0 Å². The van der Waals surface area contributed by atoms with Crippen LogP contribution >= 0.6 is 0 Å². The van der Waals surface area contributed by atoms with Crippen LogP contribution in [-0.2, 0) is 11.2 Å². The van der Waals surface area contributed by atoms with Crippen LogP contribution in [0, 0.1) is 17.6 Å². The number of nitrogens with one attached hydrogen (secondary N) is 1. The van der Waals surface area contributed by atoms with Crippen molar-refractivity contribution >= 4 is 5.91 Å². The second-order valence-corrected chi connectivity index (χ2v) is 6.14. The first-order valence-electron chi connectivity index (χ1n) is 7.39. The smallest absolute Gasteiger partial charge is 0.224 e. The van der Waals surface area contributed by atoms with Gasteiger partial charge in [0.15, 0.2) is 11.6 Å². The van der Waals surface area contributed by atoms with E-state index in [1.54, 1.807) is 0 Å². The monoisotopic (exact) mass is 296 g/mol. The highest BCUT2D eigenvalue weighted by atomic mass is 19.2. The molecule has 116 valence electrons. The van der Waals surface area contributed by atoms with Crippen molar-refractivity contribution in [2.75, 3.05) is 6.54 Å². The predicted octanol–water partition coefficient (Wildman–Crippen LogP) is 2.53. The Morgan fingerprint density at radius 1 is 1.33 bits per heavy atom. The molecule has 0 heterocycles. The van der Waals surface area contributed by atoms with Crippen LogP contribution in [0.3, 0.4) is 0 Å². The summed E-state index contributed by atoms with van der Waals surface area (Å²) in [5.41, 5.74) is 5.96. The van der Waals surface area contributed by atoms with Crippen LogP contribution in [0.1, 0.15) is 38.2 Å². The van der Waals surface area contributed by atoms with Crippen LogP contribution in [0.4, 0.5) is 8.78 Å². The molecular weight excluding hydrogens is 274 g/mol. The summed E-state index contributed by atoms with van der Waals surface area (Å²) >= 11 is 0. The lowest BCUT2D eigenvalue weighted by atomic mass is 9.77. The average Bonchev–Trinajstić information content (AvgIpc) is 2.46. The molecule has 0 spiro atoms. The van der Waals surface area contributed by atoms with E-state index in [4.69, 9.17) is 5.73 Å². The molecule has 21 heavy (non-hydrogen) atoms. The summed E-state index contributed by atoms with van der Waals surface area (Å²) in [7, 11) is 0. The molecule has 0 aliphatic heterocycles. The maximum Gasteiger partial charge on any atom is 0.224 e. The third-order valence-corrected chi connectivity index (χ3v) is 4.38. The highest BCUT2D eigenvalue weighted by molar-refractivity contribution is 5.79. The third-order valence-electron chi connectivity index (χ3n) is 4.38. The van der Waals surface area contributed by atoms with Crippen molar-refractivity contribution in [3.63, 3.8) is 0 Å². The van der Waals surface area contributed by atoms with Crippen molar-refractivity contribution in [2.45, 2.75) is 44.6 Å². The molecule has 1 aromatic carbocycles. The molecule has 0 saturated heterocycles. The minimum absolute atomic E-state index is 0.0362. The van der Waals surface area contributed by atoms with E-state index in [1.165, 1.54) is 6.07 Å². The van der Waals surface area contributed by atoms with E-state index >= 15 is 0 Å². The Morgan fingerprint density at radius 3 is 2.57 bits per heavy atom. The van der Waals surface area contributed by atoms with Gasteiger partial charge in [-0.05, 0) is 49.3 Å². The first-order chi connectivity index (χ1) is 9.94. The molecule has 1 saturated carbocycles. The molecule has 5 heteroatoms. The molecule has 3 N–H and O–H groups in total. The second-order valence-electron chi connectivity index (χ2n) is 6.14. The number of nitrogens with two attached hydrogens (primary N) is 1. The lowest BCUT2D eigenvalue weighted by Crippen LogP contribution is -2.55. The molecule has 0 atom stereocenters. The van der Waals surface area contributed by atoms with E-state index in [0.29, 0.717) is 18.0 Å². The lowest BCUT2D eigenvalue weighted by Gasteiger charge is -2.39. The molecule has 0 bridgehead atoms. The van der Waals surface area contributed by atoms with Gasteiger partial charge in [0.05, 0.1) is 12.0 Å². The van der Waals surface area contributed by atoms with Crippen LogP contribution in [-0.4, -0.2) is 18.0 Å². The fourth-order valence-electron chi connectivity index (χ4n) is 2.87. The van der Waals surface area contributed by atoms with Gasteiger partial charge in [0.1, 0.15) is 0 Å². The van der Waals surface area contributed by atoms with E-state index in [1.807, 2.05) is 0 Å². The fourth-order valence-corrected chi connectivity index (χ4v) is 2.87. The van der Waals surface area contributed by atoms with Gasteiger partial charge in [-0.15, -0.1) is 0 Å². The Morgan fingerprint density at radius 2 is 2.00 bits per heavy atom. The van der Waals surface area contributed by atoms with Crippen LogP contribution in [0.25, 0.3) is 0 Å². The molecule has 1 aromatic rings. The van der Waals surface area contributed by atoms with Gasteiger partial charge in [0.25, 0.3) is 0 Å². The Balaban J connectivity index is 1.98. The maximum atomic E-state index is 13.1. The molecule has 2 rings (SSSR count). The van der Waals surface area contributed by atoms with Crippen molar-refractivity contribution in [2.24, 2.45) is 11.7 Å². The number of carbonyl (C=O) groups is 1. The largest absolute Gasteiger partial charge is 0.349 e. The Kier molecular flexibility index (Phi) is 4.93. The summed E-state index contributed by atoms with van der Waals surface area (Å²) in [5.74, 6) is -1.37. The SMILES string of the molecule is CC1CCC(CN)(NC(=O)Cc2ccc(F)c(F)c2)CC1. The molecule has 1 aliphatic rings. The third kappa shape index (κ3) is 4.00. The summed E-state index contributed by atoms with van der Waals surface area (Å²) in [6.07, 6.45) is 3.86. The summed E-state index contributed by atoms with van der Waals surface area (Å²) in [5, 5.41) is 3.01. The second kappa shape index (κ2) is 6.52. The van der Waals surface area contributed by atoms with Crippen LogP contribution < -0.4 is 11.1 Å². The molecule has 0 radical (unpaired) electrons. The van der Waals surface area contributed by atoms with Gasteiger partial charge in [0.2, 0.25) is 5.91 Å². The van der Waals surface area contributed by atoms with E-state index in [9.17, 15) is 13.6 Å². The molecule has 1 fully saturated rings. The van der Waals surface area contributed by atoms with Gasteiger partial charge in [-0.2, -0.15) is 0 Å². The fraction of sp³-hybridized carbons (Fsp3) is 0.562. The minimum atomic E-state index is -0.930. The van der Waals surface area contributed by atoms with Gasteiger partial charge < -0.3 is 11.1 Å². The van der Waals surface area contributed by atoms with Crippen LogP contribution in [0.15, 0.2) is 18.2 Å². The normalized spacial score (nSPS) is 25.6. The zero-order chi connectivity index (χ0) is 15.5. The van der Waals surface area contributed by atoms with Crippen LogP contribution in [0.5, 0.6) is 0 Å². The summed E-state index contributed by atoms with van der Waals surface area (Å²) in [6, 6.07) is 3.53. The van der Waals surface area contributed by atoms with E-state index in [2.05, 4.69) is 12.2 Å². The maximum absolute atomic E-state index is 13.1. The number of carbonyl (C=O) groups excluding carboxylic acids is 1. The van der Waals surface area contributed by atoms with Gasteiger partial charge in [-0.3, -0.25) is 4.79 Å². The van der Waals surface area contributed by atoms with Gasteiger partial charge in [-0.25, -0.2) is 8.78 Å². The number of rotatable bonds is 4. The molecular formula is C16H22F2N2O. The van der Waals surface area contributed by atoms with Crippen LogP contribution in [0.2, 0.25) is 0 Å². The molecule has 1 amide bonds. The topological polar surface area (TPSA) is 55.1 Å². The Hall–Kier alpha value is -1.49.